The average molecular weight is 449 g/mol. The van der Waals surface area contributed by atoms with Crippen molar-refractivity contribution in [3.8, 4) is 0 Å². The van der Waals surface area contributed by atoms with Gasteiger partial charge < -0.3 is 19.7 Å². The van der Waals surface area contributed by atoms with Gasteiger partial charge in [0.05, 0.1) is 37.4 Å². The van der Waals surface area contributed by atoms with Crippen molar-refractivity contribution < 1.29 is 29.3 Å². The van der Waals surface area contributed by atoms with Crippen LogP contribution in [0.5, 0.6) is 0 Å². The first-order valence-electron chi connectivity index (χ1n) is 10.9. The highest BCUT2D eigenvalue weighted by Gasteiger charge is 2.41. The van der Waals surface area contributed by atoms with Gasteiger partial charge in [-0.3, -0.25) is 4.79 Å². The summed E-state index contributed by atoms with van der Waals surface area (Å²) >= 11 is 1.30. The summed E-state index contributed by atoms with van der Waals surface area (Å²) in [7, 11) is 1.33. The Hall–Kier alpha value is -1.83. The van der Waals surface area contributed by atoms with Gasteiger partial charge in [-0.05, 0) is 63.0 Å². The fourth-order valence-corrected chi connectivity index (χ4v) is 5.82. The lowest BCUT2D eigenvalue weighted by molar-refractivity contribution is -0.149. The van der Waals surface area contributed by atoms with Gasteiger partial charge >= 0.3 is 11.9 Å². The van der Waals surface area contributed by atoms with Crippen LogP contribution in [0.1, 0.15) is 55.8 Å². The highest BCUT2D eigenvalue weighted by molar-refractivity contribution is 8.00. The summed E-state index contributed by atoms with van der Waals surface area (Å²) < 4.78 is 10.5. The lowest BCUT2D eigenvalue weighted by atomic mass is 9.87. The second kappa shape index (κ2) is 11.2. The van der Waals surface area contributed by atoms with E-state index in [0.29, 0.717) is 23.3 Å². The second-order valence-electron chi connectivity index (χ2n) is 8.45. The number of cyclic esters (lactones) is 1. The number of carbonyl (C=O) groups excluding carboxylic acids is 2. The zero-order valence-corrected chi connectivity index (χ0v) is 18.9. The van der Waals surface area contributed by atoms with Gasteiger partial charge in [0.1, 0.15) is 0 Å². The molecule has 1 saturated carbocycles. The van der Waals surface area contributed by atoms with E-state index in [-0.39, 0.29) is 30.3 Å². The van der Waals surface area contributed by atoms with Crippen LogP contribution in [0.2, 0.25) is 0 Å². The third-order valence-corrected chi connectivity index (χ3v) is 7.45. The third-order valence-electron chi connectivity index (χ3n) is 6.09. The molecule has 2 aliphatic rings. The fourth-order valence-electron chi connectivity index (χ4n) is 4.50. The summed E-state index contributed by atoms with van der Waals surface area (Å²) in [6.07, 6.45) is 6.41. The minimum Gasteiger partial charge on any atom is -0.465 e. The molecular weight excluding hydrogens is 416 g/mol. The number of benzene rings is 1. The predicted octanol–water partition coefficient (Wildman–Crippen LogP) is 3.74. The van der Waals surface area contributed by atoms with Crippen LogP contribution in [0, 0.1) is 11.8 Å². The third kappa shape index (κ3) is 6.34. The second-order valence-corrected chi connectivity index (χ2v) is 9.73. The molecule has 0 aromatic heterocycles. The summed E-state index contributed by atoms with van der Waals surface area (Å²) in [6.45, 7) is 1.89. The van der Waals surface area contributed by atoms with Crippen molar-refractivity contribution in [1.82, 2.24) is 0 Å². The maximum absolute atomic E-state index is 12.7. The molecule has 0 spiro atoms. The normalized spacial score (nSPS) is 33.2. The molecule has 0 saturated heterocycles. The van der Waals surface area contributed by atoms with Crippen LogP contribution < -0.4 is 0 Å². The molecule has 1 aliphatic carbocycles. The Morgan fingerprint density at radius 3 is 2.77 bits per heavy atom. The summed E-state index contributed by atoms with van der Waals surface area (Å²) in [6, 6.07) is 7.03. The number of thioether (sulfide) groups is 1. The van der Waals surface area contributed by atoms with Crippen molar-refractivity contribution in [1.29, 1.82) is 0 Å². The smallest absolute Gasteiger partial charge is 0.338 e. The van der Waals surface area contributed by atoms with Crippen molar-refractivity contribution in [2.24, 2.45) is 11.8 Å². The SMILES string of the molecule is COC(=O)c1ccccc1S[C@@H]1CC(=O)O[C@@H](C)CCC/C=C/[C@@H]2C[C@H](O)C[C@H]2[C@@H]1O. The van der Waals surface area contributed by atoms with Crippen molar-refractivity contribution in [2.45, 2.75) is 73.9 Å². The molecule has 0 amide bonds. The lowest BCUT2D eigenvalue weighted by Crippen LogP contribution is -2.35. The van der Waals surface area contributed by atoms with Crippen LogP contribution in [0.15, 0.2) is 41.3 Å². The number of ether oxygens (including phenoxy) is 2. The van der Waals surface area contributed by atoms with Crippen molar-refractivity contribution in [2.75, 3.05) is 7.11 Å². The zero-order chi connectivity index (χ0) is 22.4. The van der Waals surface area contributed by atoms with Gasteiger partial charge in [0.15, 0.2) is 0 Å². The topological polar surface area (TPSA) is 93.1 Å². The van der Waals surface area contributed by atoms with Crippen LogP contribution in [0.4, 0.5) is 0 Å². The van der Waals surface area contributed by atoms with E-state index in [0.717, 1.165) is 19.3 Å². The van der Waals surface area contributed by atoms with E-state index in [1.54, 1.807) is 18.2 Å². The number of carbonyl (C=O) groups is 2. The van der Waals surface area contributed by atoms with Gasteiger partial charge in [0.25, 0.3) is 0 Å². The molecule has 2 N–H and O–H groups in total. The molecule has 1 aromatic carbocycles. The van der Waals surface area contributed by atoms with E-state index in [4.69, 9.17) is 9.47 Å². The molecule has 6 nitrogen and oxygen atoms in total. The molecule has 0 bridgehead atoms. The number of rotatable bonds is 3. The maximum Gasteiger partial charge on any atom is 0.338 e. The highest BCUT2D eigenvalue weighted by atomic mass is 32.2. The predicted molar refractivity (Wildman–Crippen MR) is 119 cm³/mol. The van der Waals surface area contributed by atoms with E-state index in [1.165, 1.54) is 18.9 Å². The van der Waals surface area contributed by atoms with Crippen LogP contribution in [-0.4, -0.2) is 52.8 Å². The number of hydrogen-bond donors (Lipinski definition) is 2. The fraction of sp³-hybridized carbons (Fsp3) is 0.583. The largest absolute Gasteiger partial charge is 0.465 e. The molecule has 31 heavy (non-hydrogen) atoms. The number of aliphatic hydroxyl groups excluding tert-OH is 2. The number of hydrogen-bond acceptors (Lipinski definition) is 7. The molecule has 6 atom stereocenters. The van der Waals surface area contributed by atoms with Crippen molar-refractivity contribution in [3.63, 3.8) is 0 Å². The van der Waals surface area contributed by atoms with Crippen LogP contribution in [-0.2, 0) is 14.3 Å². The average Bonchev–Trinajstić information content (AvgIpc) is 3.12. The van der Waals surface area contributed by atoms with Gasteiger partial charge in [-0.2, -0.15) is 0 Å². The molecule has 0 unspecified atom stereocenters. The molecule has 1 aliphatic heterocycles. The molecule has 1 aromatic rings. The standard InChI is InChI=1S/C24H32O6S/c1-15-8-4-3-5-9-16-12-17(25)13-19(16)23(27)21(14-22(26)30-15)31-20-11-7-6-10-18(20)24(28)29-2/h5-7,9-11,15-17,19,21,23,25,27H,3-4,8,12-14H2,1-2H3/b9-5+/t15-,16+,17-,19+,21+,23-/m0/s1. The Balaban J connectivity index is 1.90. The van der Waals surface area contributed by atoms with E-state index in [9.17, 15) is 19.8 Å². The van der Waals surface area contributed by atoms with Gasteiger partial charge in [-0.1, -0.05) is 24.3 Å². The Kier molecular flexibility index (Phi) is 8.58. The van der Waals surface area contributed by atoms with Crippen LogP contribution in [0.25, 0.3) is 0 Å². The molecular formula is C24H32O6S. The molecule has 0 radical (unpaired) electrons. The summed E-state index contributed by atoms with van der Waals surface area (Å²) in [5.74, 6) is -0.935. The lowest BCUT2D eigenvalue weighted by Gasteiger charge is -2.30. The van der Waals surface area contributed by atoms with Crippen molar-refractivity contribution >= 4 is 23.7 Å². The van der Waals surface area contributed by atoms with Gasteiger partial charge in [0.2, 0.25) is 0 Å². The number of allylic oxidation sites excluding steroid dienone is 2. The first-order valence-corrected chi connectivity index (χ1v) is 11.8. The summed E-state index contributed by atoms with van der Waals surface area (Å²) in [5, 5.41) is 21.1. The van der Waals surface area contributed by atoms with Gasteiger partial charge in [0, 0.05) is 10.1 Å². The first kappa shape index (κ1) is 23.8. The Bertz CT molecular complexity index is 794. The summed E-state index contributed by atoms with van der Waals surface area (Å²) in [4.78, 5) is 25.5. The quantitative estimate of drug-likeness (QED) is 0.537. The van der Waals surface area contributed by atoms with Crippen molar-refractivity contribution in [3.05, 3.63) is 42.0 Å². The molecule has 7 heteroatoms. The van der Waals surface area contributed by atoms with E-state index in [1.807, 2.05) is 13.0 Å². The Morgan fingerprint density at radius 2 is 2.00 bits per heavy atom. The molecule has 170 valence electrons. The number of esters is 2. The zero-order valence-electron chi connectivity index (χ0n) is 18.1. The van der Waals surface area contributed by atoms with E-state index >= 15 is 0 Å². The minimum atomic E-state index is -0.842. The van der Waals surface area contributed by atoms with E-state index in [2.05, 4.69) is 12.2 Å². The highest BCUT2D eigenvalue weighted by Crippen LogP contribution is 2.41. The van der Waals surface area contributed by atoms with Crippen LogP contribution >= 0.6 is 11.8 Å². The Labute approximate surface area is 188 Å². The van der Waals surface area contributed by atoms with E-state index < -0.39 is 23.4 Å². The molecule has 3 rings (SSSR count). The van der Waals surface area contributed by atoms with Gasteiger partial charge in [-0.25, -0.2) is 4.79 Å². The first-order chi connectivity index (χ1) is 14.9. The number of fused-ring (bicyclic) bond motifs is 1. The maximum atomic E-state index is 12.7. The van der Waals surface area contributed by atoms with Gasteiger partial charge in [-0.15, -0.1) is 11.8 Å². The monoisotopic (exact) mass is 448 g/mol. The number of aliphatic hydroxyl groups is 2. The number of methoxy groups -OCH3 is 1. The molecule has 1 heterocycles. The molecule has 1 fully saturated rings. The Morgan fingerprint density at radius 1 is 1.23 bits per heavy atom. The summed E-state index contributed by atoms with van der Waals surface area (Å²) in [5.41, 5.74) is 0.398. The minimum absolute atomic E-state index is 0.0225. The van der Waals surface area contributed by atoms with Crippen LogP contribution in [0.3, 0.4) is 0 Å².